The third-order valence-corrected chi connectivity index (χ3v) is 5.33. The van der Waals surface area contributed by atoms with Gasteiger partial charge >= 0.3 is 0 Å². The van der Waals surface area contributed by atoms with Crippen molar-refractivity contribution in [1.29, 1.82) is 0 Å². The van der Waals surface area contributed by atoms with Crippen molar-refractivity contribution < 1.29 is 13.3 Å². The van der Waals surface area contributed by atoms with Crippen molar-refractivity contribution in [3.63, 3.8) is 0 Å². The second-order valence-corrected chi connectivity index (χ2v) is 8.55. The molecule has 1 N–H and O–H groups in total. The molecule has 0 saturated heterocycles. The van der Waals surface area contributed by atoms with Gasteiger partial charge in [0.15, 0.2) is 5.16 Å². The molecule has 8 heteroatoms. The Kier molecular flexibility index (Phi) is 7.33. The maximum absolute atomic E-state index is 13.5. The number of hydrogen-bond acceptors (Lipinski definition) is 5. The van der Waals surface area contributed by atoms with Crippen LogP contribution in [-0.2, 0) is 22.1 Å². The predicted molar refractivity (Wildman–Crippen MR) is 118 cm³/mol. The Morgan fingerprint density at radius 2 is 1.93 bits per heavy atom. The number of pyridine rings is 1. The van der Waals surface area contributed by atoms with Crippen LogP contribution in [0.3, 0.4) is 0 Å². The smallest absolute Gasteiger partial charge is 0.199 e. The first-order chi connectivity index (χ1) is 14.4. The first-order valence-electron chi connectivity index (χ1n) is 9.82. The van der Waals surface area contributed by atoms with Crippen molar-refractivity contribution in [3.8, 4) is 22.5 Å². The molecule has 3 aromatic rings. The molecule has 1 atom stereocenters. The molecular formula is C22H27FN4O2S. The minimum Gasteiger partial charge on any atom is -0.385 e. The fourth-order valence-electron chi connectivity index (χ4n) is 3.28. The molecule has 6 nitrogen and oxygen atoms in total. The van der Waals surface area contributed by atoms with Crippen molar-refractivity contribution in [2.24, 2.45) is 0 Å². The van der Waals surface area contributed by atoms with E-state index in [4.69, 9.17) is 9.72 Å². The Hall–Kier alpha value is -2.58. The van der Waals surface area contributed by atoms with E-state index in [0.29, 0.717) is 24.0 Å². The van der Waals surface area contributed by atoms with Gasteiger partial charge in [-0.25, -0.2) is 14.4 Å². The summed E-state index contributed by atoms with van der Waals surface area (Å²) in [6.07, 6.45) is 4.10. The van der Waals surface area contributed by atoms with Gasteiger partial charge in [0, 0.05) is 49.9 Å². The molecule has 0 spiro atoms. The SMILES string of the molecule is COCCCn1c(S(C)=O)nc(-c2ccc(F)cc2)c1-c1ccnc(NC(C)C)c1. The summed E-state index contributed by atoms with van der Waals surface area (Å²) in [7, 11) is 0.361. The molecule has 0 saturated carbocycles. The molecule has 0 aliphatic rings. The average Bonchev–Trinajstić information content (AvgIpc) is 3.08. The zero-order valence-corrected chi connectivity index (χ0v) is 18.5. The zero-order chi connectivity index (χ0) is 21.7. The maximum Gasteiger partial charge on any atom is 0.199 e. The normalized spacial score (nSPS) is 12.3. The summed E-state index contributed by atoms with van der Waals surface area (Å²) in [6, 6.07) is 10.3. The second-order valence-electron chi connectivity index (χ2n) is 7.28. The van der Waals surface area contributed by atoms with Crippen LogP contribution in [0.5, 0.6) is 0 Å². The van der Waals surface area contributed by atoms with Crippen LogP contribution in [0, 0.1) is 5.82 Å². The van der Waals surface area contributed by atoms with Crippen molar-refractivity contribution in [2.75, 3.05) is 25.3 Å². The third-order valence-electron chi connectivity index (χ3n) is 4.51. The van der Waals surface area contributed by atoms with Gasteiger partial charge in [-0.3, -0.25) is 4.21 Å². The van der Waals surface area contributed by atoms with E-state index >= 15 is 0 Å². The molecule has 2 aromatic heterocycles. The number of ether oxygens (including phenoxy) is 1. The lowest BCUT2D eigenvalue weighted by Gasteiger charge is -2.14. The van der Waals surface area contributed by atoms with Crippen molar-refractivity contribution in [2.45, 2.75) is 38.0 Å². The Balaban J connectivity index is 2.21. The van der Waals surface area contributed by atoms with Crippen LogP contribution < -0.4 is 5.32 Å². The number of nitrogens with zero attached hydrogens (tertiary/aromatic N) is 3. The Morgan fingerprint density at radius 1 is 1.20 bits per heavy atom. The predicted octanol–water partition coefficient (Wildman–Crippen LogP) is 4.35. The lowest BCUT2D eigenvalue weighted by Crippen LogP contribution is -2.11. The lowest BCUT2D eigenvalue weighted by molar-refractivity contribution is 0.189. The van der Waals surface area contributed by atoms with Crippen LogP contribution >= 0.6 is 0 Å². The molecule has 0 amide bonds. The summed E-state index contributed by atoms with van der Waals surface area (Å²) in [6.45, 7) is 5.27. The van der Waals surface area contributed by atoms with Gasteiger partial charge in [-0.05, 0) is 56.7 Å². The fourth-order valence-corrected chi connectivity index (χ4v) is 3.99. The first kappa shape index (κ1) is 22.1. The van der Waals surface area contributed by atoms with E-state index in [1.807, 2.05) is 30.5 Å². The van der Waals surface area contributed by atoms with Crippen molar-refractivity contribution in [1.82, 2.24) is 14.5 Å². The van der Waals surface area contributed by atoms with Crippen LogP contribution in [0.1, 0.15) is 20.3 Å². The number of methoxy groups -OCH3 is 1. The van der Waals surface area contributed by atoms with Crippen LogP contribution in [0.15, 0.2) is 47.8 Å². The fraction of sp³-hybridized carbons (Fsp3) is 0.364. The Bertz CT molecular complexity index is 1020. The standard InChI is InChI=1S/C22H27FN4O2S/c1-15(2)25-19-14-17(10-11-24-19)21-20(16-6-8-18(23)9-7-16)26-22(30(4)28)27(21)12-5-13-29-3/h6-11,14-15H,5,12-13H2,1-4H3,(H,24,25). The van der Waals surface area contributed by atoms with Gasteiger partial charge in [0.05, 0.1) is 22.2 Å². The molecule has 1 aromatic carbocycles. The van der Waals surface area contributed by atoms with Crippen molar-refractivity contribution >= 4 is 16.6 Å². The molecule has 0 radical (unpaired) electrons. The van der Waals surface area contributed by atoms with Gasteiger partial charge in [-0.2, -0.15) is 0 Å². The van der Waals surface area contributed by atoms with E-state index in [9.17, 15) is 8.60 Å². The molecule has 30 heavy (non-hydrogen) atoms. The highest BCUT2D eigenvalue weighted by atomic mass is 32.2. The molecule has 1 unspecified atom stereocenters. The number of benzene rings is 1. The number of anilines is 1. The number of hydrogen-bond donors (Lipinski definition) is 1. The molecule has 0 aliphatic carbocycles. The molecule has 0 fully saturated rings. The summed E-state index contributed by atoms with van der Waals surface area (Å²) in [4.78, 5) is 9.11. The minimum absolute atomic E-state index is 0.231. The molecule has 0 aliphatic heterocycles. The highest BCUT2D eigenvalue weighted by Gasteiger charge is 2.22. The van der Waals surface area contributed by atoms with E-state index in [-0.39, 0.29) is 11.9 Å². The minimum atomic E-state index is -1.30. The van der Waals surface area contributed by atoms with E-state index < -0.39 is 10.8 Å². The third kappa shape index (κ3) is 5.12. The number of rotatable bonds is 9. The largest absolute Gasteiger partial charge is 0.385 e. The van der Waals surface area contributed by atoms with Crippen LogP contribution in [0.4, 0.5) is 10.2 Å². The maximum atomic E-state index is 13.5. The van der Waals surface area contributed by atoms with Gasteiger partial charge in [0.1, 0.15) is 11.6 Å². The quantitative estimate of drug-likeness (QED) is 0.511. The summed E-state index contributed by atoms with van der Waals surface area (Å²) in [5, 5.41) is 3.79. The topological polar surface area (TPSA) is 69.0 Å². The molecule has 2 heterocycles. The zero-order valence-electron chi connectivity index (χ0n) is 17.7. The van der Waals surface area contributed by atoms with Gasteiger partial charge in [0.25, 0.3) is 0 Å². The first-order valence-corrected chi connectivity index (χ1v) is 11.4. The molecule has 0 bridgehead atoms. The molecular weight excluding hydrogens is 403 g/mol. The summed E-state index contributed by atoms with van der Waals surface area (Å²) >= 11 is 0. The van der Waals surface area contributed by atoms with E-state index in [1.54, 1.807) is 31.7 Å². The highest BCUT2D eigenvalue weighted by Crippen LogP contribution is 2.35. The second kappa shape index (κ2) is 9.95. The van der Waals surface area contributed by atoms with Crippen LogP contribution in [-0.4, -0.2) is 44.8 Å². The molecule has 160 valence electrons. The monoisotopic (exact) mass is 430 g/mol. The number of nitrogens with one attached hydrogen (secondary N) is 1. The Labute approximate surface area is 179 Å². The highest BCUT2D eigenvalue weighted by molar-refractivity contribution is 7.84. The van der Waals surface area contributed by atoms with E-state index in [2.05, 4.69) is 10.3 Å². The Morgan fingerprint density at radius 3 is 2.57 bits per heavy atom. The number of imidazole rings is 1. The van der Waals surface area contributed by atoms with Gasteiger partial charge in [-0.1, -0.05) is 0 Å². The van der Waals surface area contributed by atoms with E-state index in [0.717, 1.165) is 29.1 Å². The molecule has 3 rings (SSSR count). The summed E-state index contributed by atoms with van der Waals surface area (Å²) in [5.74, 6) is 0.433. The van der Waals surface area contributed by atoms with E-state index in [1.165, 1.54) is 12.1 Å². The van der Waals surface area contributed by atoms with Crippen LogP contribution in [0.25, 0.3) is 22.5 Å². The van der Waals surface area contributed by atoms with Crippen molar-refractivity contribution in [3.05, 3.63) is 48.4 Å². The summed E-state index contributed by atoms with van der Waals surface area (Å²) in [5.41, 5.74) is 3.16. The summed E-state index contributed by atoms with van der Waals surface area (Å²) < 4.78 is 33.2. The number of halogens is 1. The van der Waals surface area contributed by atoms with Crippen LogP contribution in [0.2, 0.25) is 0 Å². The number of aromatic nitrogens is 3. The van der Waals surface area contributed by atoms with Gasteiger partial charge in [-0.15, -0.1) is 0 Å². The van der Waals surface area contributed by atoms with Gasteiger partial charge < -0.3 is 14.6 Å². The van der Waals surface area contributed by atoms with Gasteiger partial charge in [0.2, 0.25) is 0 Å². The lowest BCUT2D eigenvalue weighted by atomic mass is 10.1. The average molecular weight is 431 g/mol.